The largest absolute Gasteiger partial charge is 0.504 e. The first-order valence-electron chi connectivity index (χ1n) is 5.21. The van der Waals surface area contributed by atoms with Gasteiger partial charge in [-0.1, -0.05) is 11.6 Å². The van der Waals surface area contributed by atoms with Crippen LogP contribution in [0.15, 0.2) is 6.07 Å². The van der Waals surface area contributed by atoms with Crippen molar-refractivity contribution in [3.05, 3.63) is 22.2 Å². The van der Waals surface area contributed by atoms with E-state index in [4.69, 9.17) is 16.3 Å². The molecule has 0 fully saturated rings. The van der Waals surface area contributed by atoms with E-state index in [1.165, 1.54) is 13.2 Å². The molecular formula is C12H13ClO5. The van der Waals surface area contributed by atoms with Crippen LogP contribution in [0, 0.1) is 6.92 Å². The van der Waals surface area contributed by atoms with E-state index in [-0.39, 0.29) is 28.7 Å². The van der Waals surface area contributed by atoms with Crippen LogP contribution in [0.1, 0.15) is 22.8 Å². The lowest BCUT2D eigenvalue weighted by molar-refractivity contribution is -0.137. The maximum absolute atomic E-state index is 11.9. The lowest BCUT2D eigenvalue weighted by Crippen LogP contribution is -2.19. The van der Waals surface area contributed by atoms with Gasteiger partial charge in [-0.25, -0.2) is 4.79 Å². The fourth-order valence-electron chi connectivity index (χ4n) is 1.51. The van der Waals surface area contributed by atoms with Gasteiger partial charge in [-0.05, 0) is 25.5 Å². The highest BCUT2D eigenvalue weighted by molar-refractivity contribution is 6.46. The average molecular weight is 273 g/mol. The number of aryl methyl sites for hydroxylation is 1. The average Bonchev–Trinajstić information content (AvgIpc) is 2.29. The standard InChI is InChI=1S/C12H13ClO5/c1-4-18-12(16)10(15)8-6(2)5-7(14)11(17-3)9(8)13/h5,14H,4H2,1-3H3. The first-order chi connectivity index (χ1) is 8.43. The molecule has 18 heavy (non-hydrogen) atoms. The van der Waals surface area contributed by atoms with Crippen LogP contribution in [0.2, 0.25) is 5.02 Å². The molecule has 0 saturated heterocycles. The molecule has 0 heterocycles. The molecule has 5 nitrogen and oxygen atoms in total. The summed E-state index contributed by atoms with van der Waals surface area (Å²) in [4.78, 5) is 23.3. The molecule has 0 atom stereocenters. The van der Waals surface area contributed by atoms with Crippen LogP contribution in [0.5, 0.6) is 11.5 Å². The second-order valence-electron chi connectivity index (χ2n) is 3.48. The zero-order valence-corrected chi connectivity index (χ0v) is 11.0. The highest BCUT2D eigenvalue weighted by Crippen LogP contribution is 2.38. The second-order valence-corrected chi connectivity index (χ2v) is 3.86. The molecule has 0 aliphatic heterocycles. The number of ketones is 1. The van der Waals surface area contributed by atoms with Crippen molar-refractivity contribution >= 4 is 23.4 Å². The van der Waals surface area contributed by atoms with Gasteiger partial charge in [-0.15, -0.1) is 0 Å². The van der Waals surface area contributed by atoms with E-state index in [0.29, 0.717) is 5.56 Å². The smallest absolute Gasteiger partial charge is 0.379 e. The molecule has 0 aliphatic rings. The molecule has 0 radical (unpaired) electrons. The Kier molecular flexibility index (Phi) is 4.55. The van der Waals surface area contributed by atoms with Gasteiger partial charge in [0, 0.05) is 0 Å². The number of ether oxygens (including phenoxy) is 2. The highest BCUT2D eigenvalue weighted by atomic mass is 35.5. The summed E-state index contributed by atoms with van der Waals surface area (Å²) in [6.07, 6.45) is 0. The van der Waals surface area contributed by atoms with Crippen LogP contribution in [0.3, 0.4) is 0 Å². The van der Waals surface area contributed by atoms with E-state index in [0.717, 1.165) is 0 Å². The molecule has 1 rings (SSSR count). The minimum Gasteiger partial charge on any atom is -0.504 e. The molecule has 0 amide bonds. The zero-order valence-electron chi connectivity index (χ0n) is 10.2. The first kappa shape index (κ1) is 14.3. The van der Waals surface area contributed by atoms with Crippen molar-refractivity contribution in [3.8, 4) is 11.5 Å². The Morgan fingerprint density at radius 1 is 1.44 bits per heavy atom. The first-order valence-corrected chi connectivity index (χ1v) is 5.59. The summed E-state index contributed by atoms with van der Waals surface area (Å²) >= 11 is 5.94. The van der Waals surface area contributed by atoms with Crippen molar-refractivity contribution in [2.45, 2.75) is 13.8 Å². The van der Waals surface area contributed by atoms with Crippen molar-refractivity contribution in [2.75, 3.05) is 13.7 Å². The minimum atomic E-state index is -0.991. The third-order valence-corrected chi connectivity index (χ3v) is 2.65. The minimum absolute atomic E-state index is 0.0234. The number of esters is 1. The van der Waals surface area contributed by atoms with Crippen LogP contribution in [0.4, 0.5) is 0 Å². The Labute approximate surface area is 109 Å². The summed E-state index contributed by atoms with van der Waals surface area (Å²) < 4.78 is 9.50. The topological polar surface area (TPSA) is 72.8 Å². The lowest BCUT2D eigenvalue weighted by atomic mass is 10.0. The predicted molar refractivity (Wildman–Crippen MR) is 65.4 cm³/mol. The molecular weight excluding hydrogens is 260 g/mol. The van der Waals surface area contributed by atoms with Crippen LogP contribution in [-0.2, 0) is 9.53 Å². The molecule has 0 spiro atoms. The third kappa shape index (κ3) is 2.56. The Balaban J connectivity index is 3.32. The summed E-state index contributed by atoms with van der Waals surface area (Å²) in [5.74, 6) is -2.09. The second kappa shape index (κ2) is 5.73. The maximum atomic E-state index is 11.9. The normalized spacial score (nSPS) is 10.0. The van der Waals surface area contributed by atoms with Crippen LogP contribution in [0.25, 0.3) is 0 Å². The van der Waals surface area contributed by atoms with Crippen molar-refractivity contribution in [1.29, 1.82) is 0 Å². The fraction of sp³-hybridized carbons (Fsp3) is 0.333. The summed E-state index contributed by atoms with van der Waals surface area (Å²) in [6, 6.07) is 1.30. The number of carbonyl (C=O) groups is 2. The van der Waals surface area contributed by atoms with Gasteiger partial charge in [0.2, 0.25) is 0 Å². The molecule has 0 aromatic heterocycles. The number of phenolic OH excluding ortho intramolecular Hbond substituents is 1. The Hall–Kier alpha value is -1.75. The van der Waals surface area contributed by atoms with Gasteiger partial charge in [0.05, 0.1) is 24.3 Å². The van der Waals surface area contributed by atoms with Crippen molar-refractivity contribution in [1.82, 2.24) is 0 Å². The number of hydrogen-bond acceptors (Lipinski definition) is 5. The Bertz CT molecular complexity index is 496. The molecule has 1 N–H and O–H groups in total. The lowest BCUT2D eigenvalue weighted by Gasteiger charge is -2.12. The van der Waals surface area contributed by atoms with Crippen LogP contribution < -0.4 is 4.74 Å². The zero-order chi connectivity index (χ0) is 13.9. The van der Waals surface area contributed by atoms with E-state index < -0.39 is 11.8 Å². The summed E-state index contributed by atoms with van der Waals surface area (Å²) in [7, 11) is 1.30. The Morgan fingerprint density at radius 2 is 2.06 bits per heavy atom. The molecule has 0 aliphatic carbocycles. The number of carbonyl (C=O) groups excluding carboxylic acids is 2. The van der Waals surface area contributed by atoms with Gasteiger partial charge >= 0.3 is 5.97 Å². The number of Topliss-reactive ketones (excluding diaryl/α,β-unsaturated/α-hetero) is 1. The monoisotopic (exact) mass is 272 g/mol. The summed E-state index contributed by atoms with van der Waals surface area (Å²) in [6.45, 7) is 3.24. The number of halogens is 1. The van der Waals surface area contributed by atoms with Crippen molar-refractivity contribution in [3.63, 3.8) is 0 Å². The number of methoxy groups -OCH3 is 1. The van der Waals surface area contributed by atoms with Crippen LogP contribution in [-0.4, -0.2) is 30.6 Å². The number of phenols is 1. The van der Waals surface area contributed by atoms with Crippen LogP contribution >= 0.6 is 11.6 Å². The van der Waals surface area contributed by atoms with Gasteiger partial charge in [0.15, 0.2) is 11.5 Å². The SMILES string of the molecule is CCOC(=O)C(=O)c1c(C)cc(O)c(OC)c1Cl. The summed E-state index contributed by atoms with van der Waals surface area (Å²) in [5, 5.41) is 9.48. The Morgan fingerprint density at radius 3 is 2.56 bits per heavy atom. The molecule has 6 heteroatoms. The number of hydrogen-bond donors (Lipinski definition) is 1. The van der Waals surface area contributed by atoms with Crippen molar-refractivity contribution in [2.24, 2.45) is 0 Å². The maximum Gasteiger partial charge on any atom is 0.379 e. The van der Waals surface area contributed by atoms with Gasteiger partial charge < -0.3 is 14.6 Å². The van der Waals surface area contributed by atoms with E-state index in [2.05, 4.69) is 4.74 Å². The third-order valence-electron chi connectivity index (χ3n) is 2.29. The molecule has 1 aromatic carbocycles. The molecule has 1 aromatic rings. The highest BCUT2D eigenvalue weighted by Gasteiger charge is 2.26. The van der Waals surface area contributed by atoms with E-state index in [1.807, 2.05) is 0 Å². The van der Waals surface area contributed by atoms with Crippen molar-refractivity contribution < 1.29 is 24.2 Å². The summed E-state index contributed by atoms with van der Waals surface area (Å²) in [5.41, 5.74) is 0.348. The van der Waals surface area contributed by atoms with Gasteiger partial charge in [0.1, 0.15) is 0 Å². The molecule has 98 valence electrons. The fourth-order valence-corrected chi connectivity index (χ4v) is 1.92. The molecule has 0 saturated carbocycles. The number of rotatable bonds is 4. The van der Waals surface area contributed by atoms with E-state index in [1.54, 1.807) is 13.8 Å². The van der Waals surface area contributed by atoms with E-state index >= 15 is 0 Å². The van der Waals surface area contributed by atoms with Gasteiger partial charge in [-0.2, -0.15) is 0 Å². The van der Waals surface area contributed by atoms with Gasteiger partial charge in [0.25, 0.3) is 5.78 Å². The molecule has 0 bridgehead atoms. The van der Waals surface area contributed by atoms with E-state index in [9.17, 15) is 14.7 Å². The number of benzene rings is 1. The molecule has 0 unspecified atom stereocenters. The van der Waals surface area contributed by atoms with Gasteiger partial charge in [-0.3, -0.25) is 4.79 Å². The number of aromatic hydroxyl groups is 1. The predicted octanol–water partition coefficient (Wildman–Crippen LogP) is 2.11. The quantitative estimate of drug-likeness (QED) is 0.516.